The van der Waals surface area contributed by atoms with E-state index < -0.39 is 0 Å². The Bertz CT molecular complexity index is 94.9. The molecule has 0 aromatic carbocycles. The van der Waals surface area contributed by atoms with Crippen LogP contribution in [0.15, 0.2) is 0 Å². The first-order chi connectivity index (χ1) is 4.24. The lowest BCUT2D eigenvalue weighted by Gasteiger charge is -2.17. The normalized spacial score (nSPS) is 37.7. The molecule has 0 saturated carbocycles. The molecule has 1 saturated heterocycles. The van der Waals surface area contributed by atoms with Crippen molar-refractivity contribution in [3.8, 4) is 0 Å². The standard InChI is InChI=1S/C7H14ClN/c1-3-9-5-7(8)4-6(9)2/h6-7H,3-5H2,1-2H3/t6-,7?/m1/s1. The molecule has 1 unspecified atom stereocenters. The summed E-state index contributed by atoms with van der Waals surface area (Å²) in [5, 5.41) is 0.403. The molecule has 1 aliphatic heterocycles. The molecule has 0 N–H and O–H groups in total. The Hall–Kier alpha value is 0.250. The second-order valence-corrected chi connectivity index (χ2v) is 3.39. The number of hydrogen-bond acceptors (Lipinski definition) is 1. The summed E-state index contributed by atoms with van der Waals surface area (Å²) >= 11 is 5.94. The van der Waals surface area contributed by atoms with Gasteiger partial charge in [0.05, 0.1) is 0 Å². The predicted octanol–water partition coefficient (Wildman–Crippen LogP) is 1.71. The maximum Gasteiger partial charge on any atom is 0.0478 e. The number of nitrogens with zero attached hydrogens (tertiary/aromatic N) is 1. The van der Waals surface area contributed by atoms with Crippen molar-refractivity contribution >= 4 is 11.6 Å². The summed E-state index contributed by atoms with van der Waals surface area (Å²) in [4.78, 5) is 2.41. The molecule has 0 aliphatic carbocycles. The summed E-state index contributed by atoms with van der Waals surface area (Å²) in [5.41, 5.74) is 0. The minimum absolute atomic E-state index is 0.403. The van der Waals surface area contributed by atoms with Crippen molar-refractivity contribution < 1.29 is 0 Å². The molecular formula is C7H14ClN. The van der Waals surface area contributed by atoms with Gasteiger partial charge in [0.2, 0.25) is 0 Å². The highest BCUT2D eigenvalue weighted by Crippen LogP contribution is 2.20. The van der Waals surface area contributed by atoms with Gasteiger partial charge in [-0.25, -0.2) is 0 Å². The molecule has 54 valence electrons. The highest BCUT2D eigenvalue weighted by atomic mass is 35.5. The van der Waals surface area contributed by atoms with Crippen LogP contribution in [0.4, 0.5) is 0 Å². The van der Waals surface area contributed by atoms with E-state index in [0.29, 0.717) is 11.4 Å². The lowest BCUT2D eigenvalue weighted by Crippen LogP contribution is -2.26. The van der Waals surface area contributed by atoms with Crippen LogP contribution in [0.3, 0.4) is 0 Å². The molecule has 0 amide bonds. The second-order valence-electron chi connectivity index (χ2n) is 2.77. The van der Waals surface area contributed by atoms with Gasteiger partial charge >= 0.3 is 0 Å². The highest BCUT2D eigenvalue weighted by Gasteiger charge is 2.25. The van der Waals surface area contributed by atoms with E-state index in [1.807, 2.05) is 0 Å². The molecule has 1 heterocycles. The summed E-state index contributed by atoms with van der Waals surface area (Å²) in [6, 6.07) is 0.706. The Labute approximate surface area is 62.0 Å². The maximum absolute atomic E-state index is 5.94. The van der Waals surface area contributed by atoms with Gasteiger partial charge in [-0.2, -0.15) is 0 Å². The van der Waals surface area contributed by atoms with Gasteiger partial charge in [0.15, 0.2) is 0 Å². The summed E-state index contributed by atoms with van der Waals surface area (Å²) in [5.74, 6) is 0. The predicted molar refractivity (Wildman–Crippen MR) is 41.0 cm³/mol. The zero-order valence-electron chi connectivity index (χ0n) is 6.10. The van der Waals surface area contributed by atoms with Gasteiger partial charge in [0, 0.05) is 18.0 Å². The van der Waals surface area contributed by atoms with E-state index in [4.69, 9.17) is 11.6 Å². The van der Waals surface area contributed by atoms with E-state index in [9.17, 15) is 0 Å². The molecule has 2 atom stereocenters. The minimum atomic E-state index is 0.403. The molecule has 0 aromatic heterocycles. The molecular weight excluding hydrogens is 134 g/mol. The lowest BCUT2D eigenvalue weighted by atomic mass is 10.2. The quantitative estimate of drug-likeness (QED) is 0.511. The van der Waals surface area contributed by atoms with Crippen molar-refractivity contribution in [1.82, 2.24) is 4.90 Å². The number of halogens is 1. The van der Waals surface area contributed by atoms with Gasteiger partial charge in [-0.05, 0) is 19.9 Å². The van der Waals surface area contributed by atoms with Crippen LogP contribution in [0.25, 0.3) is 0 Å². The maximum atomic E-state index is 5.94. The van der Waals surface area contributed by atoms with Crippen molar-refractivity contribution in [1.29, 1.82) is 0 Å². The Morgan fingerprint density at radius 2 is 2.33 bits per heavy atom. The first-order valence-electron chi connectivity index (χ1n) is 3.62. The average Bonchev–Trinajstić information content (AvgIpc) is 2.10. The fourth-order valence-corrected chi connectivity index (χ4v) is 1.90. The van der Waals surface area contributed by atoms with Crippen LogP contribution >= 0.6 is 11.6 Å². The molecule has 2 heteroatoms. The van der Waals surface area contributed by atoms with E-state index in [0.717, 1.165) is 19.5 Å². The van der Waals surface area contributed by atoms with Crippen LogP contribution < -0.4 is 0 Å². The van der Waals surface area contributed by atoms with Crippen LogP contribution in [0.2, 0.25) is 0 Å². The number of hydrogen-bond donors (Lipinski definition) is 0. The molecule has 0 bridgehead atoms. The monoisotopic (exact) mass is 147 g/mol. The largest absolute Gasteiger partial charge is 0.299 e. The average molecular weight is 148 g/mol. The SMILES string of the molecule is CCN1CC(Cl)C[C@H]1C. The second kappa shape index (κ2) is 2.89. The number of alkyl halides is 1. The third kappa shape index (κ3) is 1.59. The number of rotatable bonds is 1. The van der Waals surface area contributed by atoms with E-state index in [1.165, 1.54) is 0 Å². The fourth-order valence-electron chi connectivity index (χ4n) is 1.47. The van der Waals surface area contributed by atoms with Crippen molar-refractivity contribution in [2.75, 3.05) is 13.1 Å². The van der Waals surface area contributed by atoms with Crippen LogP contribution in [0.1, 0.15) is 20.3 Å². The Kier molecular flexibility index (Phi) is 2.36. The third-order valence-electron chi connectivity index (χ3n) is 2.06. The summed E-state index contributed by atoms with van der Waals surface area (Å²) in [6.07, 6.45) is 1.16. The van der Waals surface area contributed by atoms with Gasteiger partial charge in [-0.1, -0.05) is 6.92 Å². The van der Waals surface area contributed by atoms with E-state index in [-0.39, 0.29) is 0 Å². The van der Waals surface area contributed by atoms with Crippen LogP contribution in [0.5, 0.6) is 0 Å². The van der Waals surface area contributed by atoms with E-state index in [2.05, 4.69) is 18.7 Å². The van der Waals surface area contributed by atoms with Crippen molar-refractivity contribution in [2.24, 2.45) is 0 Å². The van der Waals surface area contributed by atoms with Gasteiger partial charge in [-0.15, -0.1) is 11.6 Å². The molecule has 1 fully saturated rings. The van der Waals surface area contributed by atoms with Crippen molar-refractivity contribution in [2.45, 2.75) is 31.7 Å². The molecule has 1 aliphatic rings. The Morgan fingerprint density at radius 3 is 2.56 bits per heavy atom. The summed E-state index contributed by atoms with van der Waals surface area (Å²) < 4.78 is 0. The first kappa shape index (κ1) is 7.36. The third-order valence-corrected chi connectivity index (χ3v) is 2.38. The molecule has 1 rings (SSSR count). The van der Waals surface area contributed by atoms with Crippen LogP contribution in [0, 0.1) is 0 Å². The van der Waals surface area contributed by atoms with E-state index in [1.54, 1.807) is 0 Å². The van der Waals surface area contributed by atoms with E-state index >= 15 is 0 Å². The van der Waals surface area contributed by atoms with Crippen LogP contribution in [-0.4, -0.2) is 29.4 Å². The van der Waals surface area contributed by atoms with Gasteiger partial charge in [0.1, 0.15) is 0 Å². The zero-order chi connectivity index (χ0) is 6.85. The Morgan fingerprint density at radius 1 is 1.67 bits per heavy atom. The van der Waals surface area contributed by atoms with Crippen molar-refractivity contribution in [3.63, 3.8) is 0 Å². The van der Waals surface area contributed by atoms with Gasteiger partial charge in [0.25, 0.3) is 0 Å². The molecule has 0 spiro atoms. The molecule has 0 aromatic rings. The zero-order valence-corrected chi connectivity index (χ0v) is 6.86. The lowest BCUT2D eigenvalue weighted by molar-refractivity contribution is 0.284. The topological polar surface area (TPSA) is 3.24 Å². The van der Waals surface area contributed by atoms with Crippen molar-refractivity contribution in [3.05, 3.63) is 0 Å². The smallest absolute Gasteiger partial charge is 0.0478 e. The van der Waals surface area contributed by atoms with Gasteiger partial charge < -0.3 is 0 Å². The number of likely N-dealkylation sites (tertiary alicyclic amines) is 1. The summed E-state index contributed by atoms with van der Waals surface area (Å²) in [6.45, 7) is 6.65. The highest BCUT2D eigenvalue weighted by molar-refractivity contribution is 6.21. The molecule has 1 nitrogen and oxygen atoms in total. The first-order valence-corrected chi connectivity index (χ1v) is 4.05. The molecule has 0 radical (unpaired) electrons. The minimum Gasteiger partial charge on any atom is -0.299 e. The van der Waals surface area contributed by atoms with Gasteiger partial charge in [-0.3, -0.25) is 4.90 Å². The van der Waals surface area contributed by atoms with Crippen LogP contribution in [-0.2, 0) is 0 Å². The fraction of sp³-hybridized carbons (Fsp3) is 1.00. The summed E-state index contributed by atoms with van der Waals surface area (Å²) in [7, 11) is 0. The molecule has 9 heavy (non-hydrogen) atoms. The Balaban J connectivity index is 2.38.